The predicted molar refractivity (Wildman–Crippen MR) is 103 cm³/mol. The molecule has 0 radical (unpaired) electrons. The van der Waals surface area contributed by atoms with Gasteiger partial charge in [-0.25, -0.2) is 0 Å². The van der Waals surface area contributed by atoms with Crippen molar-refractivity contribution in [2.75, 3.05) is 0 Å². The van der Waals surface area contributed by atoms with Crippen molar-refractivity contribution >= 4 is 8.32 Å². The largest absolute Gasteiger partial charge is 0.543 e. The van der Waals surface area contributed by atoms with Crippen LogP contribution in [0.2, 0.25) is 18.1 Å². The van der Waals surface area contributed by atoms with E-state index in [1.54, 1.807) is 0 Å². The van der Waals surface area contributed by atoms with Crippen LogP contribution < -0.4 is 9.16 Å². The van der Waals surface area contributed by atoms with E-state index in [0.717, 1.165) is 11.5 Å². The fraction of sp³-hybridized carbons (Fsp3) is 0.429. The summed E-state index contributed by atoms with van der Waals surface area (Å²) in [6, 6.07) is 12.9. The molecule has 1 unspecified atom stereocenters. The fourth-order valence-corrected chi connectivity index (χ4v) is 3.86. The Bertz CT molecular complexity index is 772. The number of hydrogen-bond acceptors (Lipinski definition) is 2. The van der Waals surface area contributed by atoms with Gasteiger partial charge in [0.2, 0.25) is 8.32 Å². The molecular weight excluding hydrogens is 312 g/mol. The van der Waals surface area contributed by atoms with Gasteiger partial charge in [-0.2, -0.15) is 0 Å². The molecule has 0 N–H and O–H groups in total. The molecule has 1 atom stereocenters. The highest BCUT2D eigenvalue weighted by atomic mass is 28.4. The summed E-state index contributed by atoms with van der Waals surface area (Å²) >= 11 is 0. The zero-order chi connectivity index (χ0) is 17.7. The lowest BCUT2D eigenvalue weighted by atomic mass is 9.92. The van der Waals surface area contributed by atoms with Crippen molar-refractivity contribution in [3.05, 3.63) is 47.5 Å². The van der Waals surface area contributed by atoms with Crippen LogP contribution in [-0.2, 0) is 0 Å². The highest BCUT2D eigenvalue weighted by molar-refractivity contribution is 6.74. The molecule has 1 aliphatic rings. The van der Waals surface area contributed by atoms with Crippen LogP contribution in [0.15, 0.2) is 36.4 Å². The second kappa shape index (κ2) is 5.66. The molecular formula is C21H28O2Si. The molecule has 24 heavy (non-hydrogen) atoms. The van der Waals surface area contributed by atoms with Crippen LogP contribution in [0.3, 0.4) is 0 Å². The predicted octanol–water partition coefficient (Wildman–Crippen LogP) is 6.50. The first-order chi connectivity index (χ1) is 11.1. The second-order valence-corrected chi connectivity index (χ2v) is 13.1. The molecule has 1 aliphatic heterocycles. The van der Waals surface area contributed by atoms with Crippen molar-refractivity contribution in [1.29, 1.82) is 0 Å². The first kappa shape index (κ1) is 17.1. The van der Waals surface area contributed by atoms with Crippen molar-refractivity contribution in [3.63, 3.8) is 0 Å². The average Bonchev–Trinajstić information content (AvgIpc) is 2.45. The third-order valence-corrected chi connectivity index (χ3v) is 9.73. The number of fused-ring (bicyclic) bond motifs is 3. The molecule has 3 rings (SSSR count). The number of rotatable bonds is 2. The lowest BCUT2D eigenvalue weighted by molar-refractivity contribution is 0.223. The topological polar surface area (TPSA) is 18.5 Å². The van der Waals surface area contributed by atoms with E-state index in [-0.39, 0.29) is 11.1 Å². The van der Waals surface area contributed by atoms with Gasteiger partial charge in [0, 0.05) is 11.1 Å². The van der Waals surface area contributed by atoms with Gasteiger partial charge in [0.25, 0.3) is 0 Å². The Kier molecular flexibility index (Phi) is 4.03. The maximum Gasteiger partial charge on any atom is 0.250 e. The molecule has 0 bridgehead atoms. The van der Waals surface area contributed by atoms with E-state index >= 15 is 0 Å². The van der Waals surface area contributed by atoms with Crippen LogP contribution in [-0.4, -0.2) is 8.32 Å². The quantitative estimate of drug-likeness (QED) is 0.581. The molecule has 1 heterocycles. The van der Waals surface area contributed by atoms with E-state index in [4.69, 9.17) is 9.16 Å². The smallest absolute Gasteiger partial charge is 0.250 e. The van der Waals surface area contributed by atoms with E-state index < -0.39 is 8.32 Å². The summed E-state index contributed by atoms with van der Waals surface area (Å²) in [5.74, 6) is 1.94. The summed E-state index contributed by atoms with van der Waals surface area (Å²) in [7, 11) is -1.83. The van der Waals surface area contributed by atoms with Gasteiger partial charge in [0.15, 0.2) is 0 Å². The molecule has 0 amide bonds. The summed E-state index contributed by atoms with van der Waals surface area (Å²) in [6.45, 7) is 15.6. The molecule has 0 aliphatic carbocycles. The average molecular weight is 341 g/mol. The molecule has 3 heteroatoms. The Labute approximate surface area is 146 Å². The van der Waals surface area contributed by atoms with Gasteiger partial charge in [0.1, 0.15) is 17.6 Å². The Morgan fingerprint density at radius 3 is 2.33 bits per heavy atom. The molecule has 2 aromatic rings. The minimum absolute atomic E-state index is 0.0391. The summed E-state index contributed by atoms with van der Waals surface area (Å²) in [6.07, 6.45) is 0.0391. The summed E-state index contributed by atoms with van der Waals surface area (Å²) in [4.78, 5) is 0. The van der Waals surface area contributed by atoms with E-state index in [2.05, 4.69) is 84.1 Å². The first-order valence-corrected chi connectivity index (χ1v) is 11.6. The second-order valence-electron chi connectivity index (χ2n) is 8.37. The number of ether oxygens (including phenoxy) is 1. The van der Waals surface area contributed by atoms with Crippen molar-refractivity contribution in [2.24, 2.45) is 0 Å². The van der Waals surface area contributed by atoms with Crippen LogP contribution in [0.25, 0.3) is 11.1 Å². The molecule has 0 spiro atoms. The Balaban J connectivity index is 2.00. The summed E-state index contributed by atoms with van der Waals surface area (Å²) in [5, 5.41) is 0.190. The molecule has 0 saturated heterocycles. The van der Waals surface area contributed by atoms with Gasteiger partial charge in [-0.3, -0.25) is 0 Å². The SMILES string of the molecule is Cc1ccc2c(c1)OC(C)c1cc(O[Si](C)(C)C(C)(C)C)ccc1-2. The third-order valence-electron chi connectivity index (χ3n) is 5.37. The highest BCUT2D eigenvalue weighted by Crippen LogP contribution is 2.45. The first-order valence-electron chi connectivity index (χ1n) is 8.69. The van der Waals surface area contributed by atoms with Gasteiger partial charge in [-0.15, -0.1) is 0 Å². The van der Waals surface area contributed by atoms with E-state index in [1.165, 1.54) is 22.3 Å². The molecule has 2 nitrogen and oxygen atoms in total. The lowest BCUT2D eigenvalue weighted by Crippen LogP contribution is -2.43. The molecule has 0 fully saturated rings. The molecule has 0 saturated carbocycles. The van der Waals surface area contributed by atoms with Crippen molar-refractivity contribution in [2.45, 2.75) is 58.9 Å². The number of aryl methyl sites for hydroxylation is 1. The van der Waals surface area contributed by atoms with Crippen LogP contribution in [0.5, 0.6) is 11.5 Å². The third kappa shape index (κ3) is 2.97. The summed E-state index contributed by atoms with van der Waals surface area (Å²) in [5.41, 5.74) is 4.86. The Hall–Kier alpha value is -1.74. The molecule has 2 aromatic carbocycles. The standard InChI is InChI=1S/C21H28O2Si/c1-14-8-10-18-17-11-9-16(23-24(6,7)21(3,4)5)13-19(17)15(2)22-20(18)12-14/h8-13,15H,1-7H3. The monoisotopic (exact) mass is 340 g/mol. The van der Waals surface area contributed by atoms with Crippen molar-refractivity contribution in [1.82, 2.24) is 0 Å². The zero-order valence-corrected chi connectivity index (χ0v) is 16.9. The van der Waals surface area contributed by atoms with E-state index in [9.17, 15) is 0 Å². The van der Waals surface area contributed by atoms with Gasteiger partial charge in [-0.1, -0.05) is 39.0 Å². The van der Waals surface area contributed by atoms with Crippen LogP contribution in [0, 0.1) is 6.92 Å². The minimum atomic E-state index is -1.83. The number of benzene rings is 2. The Morgan fingerprint density at radius 1 is 1.00 bits per heavy atom. The van der Waals surface area contributed by atoms with Crippen molar-refractivity contribution < 1.29 is 9.16 Å². The summed E-state index contributed by atoms with van der Waals surface area (Å²) < 4.78 is 12.6. The van der Waals surface area contributed by atoms with Crippen LogP contribution in [0.1, 0.15) is 44.9 Å². The Morgan fingerprint density at radius 2 is 1.67 bits per heavy atom. The van der Waals surface area contributed by atoms with Crippen LogP contribution in [0.4, 0.5) is 0 Å². The highest BCUT2D eigenvalue weighted by Gasteiger charge is 2.39. The lowest BCUT2D eigenvalue weighted by Gasteiger charge is -2.37. The zero-order valence-electron chi connectivity index (χ0n) is 15.9. The normalized spacial score (nSPS) is 16.9. The van der Waals surface area contributed by atoms with E-state index in [1.807, 2.05) is 0 Å². The minimum Gasteiger partial charge on any atom is -0.543 e. The number of hydrogen-bond donors (Lipinski definition) is 0. The van der Waals surface area contributed by atoms with Crippen LogP contribution >= 0.6 is 0 Å². The van der Waals surface area contributed by atoms with E-state index in [0.29, 0.717) is 0 Å². The molecule has 128 valence electrons. The fourth-order valence-electron chi connectivity index (χ4n) is 2.84. The van der Waals surface area contributed by atoms with Gasteiger partial charge in [0.05, 0.1) is 0 Å². The van der Waals surface area contributed by atoms with Gasteiger partial charge < -0.3 is 9.16 Å². The van der Waals surface area contributed by atoms with Gasteiger partial charge >= 0.3 is 0 Å². The van der Waals surface area contributed by atoms with Gasteiger partial charge in [-0.05, 0) is 61.3 Å². The maximum absolute atomic E-state index is 6.47. The maximum atomic E-state index is 6.47. The molecule has 0 aromatic heterocycles. The van der Waals surface area contributed by atoms with Crippen molar-refractivity contribution in [3.8, 4) is 22.6 Å².